The first-order valence-electron chi connectivity index (χ1n) is 10.4. The second-order valence-electron chi connectivity index (χ2n) is 7.66. The highest BCUT2D eigenvalue weighted by molar-refractivity contribution is 7.84. The Hall–Kier alpha value is -2.53. The van der Waals surface area contributed by atoms with Crippen LogP contribution in [0.2, 0.25) is 0 Å². The van der Waals surface area contributed by atoms with E-state index in [4.69, 9.17) is 9.47 Å². The Morgan fingerprint density at radius 1 is 1.38 bits per heavy atom. The number of aromatic nitrogens is 3. The molecular formula is C21H25FN4O4S2. The summed E-state index contributed by atoms with van der Waals surface area (Å²) in [6.45, 7) is 5.49. The smallest absolute Gasteiger partial charge is 0.409 e. The molecule has 1 amide bonds. The zero-order chi connectivity index (χ0) is 22.8. The van der Waals surface area contributed by atoms with Crippen LogP contribution in [0.15, 0.2) is 29.3 Å². The molecule has 4 rings (SSSR count). The number of piperidine rings is 1. The number of carbonyl (C=O) groups excluding carboxylic acids is 1. The molecule has 1 aliphatic heterocycles. The van der Waals surface area contributed by atoms with E-state index in [9.17, 15) is 13.4 Å². The van der Waals surface area contributed by atoms with Crippen LogP contribution in [-0.4, -0.2) is 61.9 Å². The minimum Gasteiger partial charge on any atom is -0.466 e. The van der Waals surface area contributed by atoms with Gasteiger partial charge >= 0.3 is 6.09 Å². The van der Waals surface area contributed by atoms with Crippen molar-refractivity contribution in [3.8, 4) is 16.5 Å². The number of hydrogen-bond acceptors (Lipinski definition) is 7. The second-order valence-corrected chi connectivity index (χ2v) is 9.96. The summed E-state index contributed by atoms with van der Waals surface area (Å²) in [4.78, 5) is 19.1. The average Bonchev–Trinajstić information content (AvgIpc) is 3.32. The van der Waals surface area contributed by atoms with Crippen LogP contribution >= 0.6 is 11.3 Å². The van der Waals surface area contributed by atoms with Crippen LogP contribution in [0.25, 0.3) is 16.2 Å². The van der Waals surface area contributed by atoms with Gasteiger partial charge in [-0.2, -0.15) is 0 Å². The second kappa shape index (κ2) is 9.53. The van der Waals surface area contributed by atoms with Gasteiger partial charge in [0.05, 0.1) is 18.5 Å². The third kappa shape index (κ3) is 4.78. The van der Waals surface area contributed by atoms with Crippen LogP contribution in [0.4, 0.5) is 9.18 Å². The minimum absolute atomic E-state index is 0.0606. The third-order valence-electron chi connectivity index (χ3n) is 5.59. The summed E-state index contributed by atoms with van der Waals surface area (Å²) in [7, 11) is -1.25. The number of rotatable bonds is 6. The summed E-state index contributed by atoms with van der Waals surface area (Å²) < 4.78 is 38.7. The molecule has 0 spiro atoms. The number of hydrogen-bond donors (Lipinski definition) is 0. The molecule has 2 aromatic heterocycles. The molecule has 1 saturated heterocycles. The van der Waals surface area contributed by atoms with Crippen molar-refractivity contribution in [2.75, 3.05) is 26.0 Å². The molecule has 11 heteroatoms. The number of halogens is 1. The predicted molar refractivity (Wildman–Crippen MR) is 120 cm³/mol. The van der Waals surface area contributed by atoms with Gasteiger partial charge in [-0.1, -0.05) is 0 Å². The molecule has 3 aromatic rings. The average molecular weight is 481 g/mol. The molecule has 1 unspecified atom stereocenters. The number of benzene rings is 1. The summed E-state index contributed by atoms with van der Waals surface area (Å²) >= 11 is 1.29. The Morgan fingerprint density at radius 2 is 2.12 bits per heavy atom. The molecule has 8 nitrogen and oxygen atoms in total. The molecule has 1 aromatic carbocycles. The van der Waals surface area contributed by atoms with Gasteiger partial charge in [0.25, 0.3) is 5.19 Å². The van der Waals surface area contributed by atoms with E-state index in [0.717, 1.165) is 12.8 Å². The molecule has 172 valence electrons. The largest absolute Gasteiger partial charge is 0.466 e. The number of amides is 1. The molecule has 0 bridgehead atoms. The van der Waals surface area contributed by atoms with Crippen LogP contribution in [0.5, 0.6) is 5.19 Å². The summed E-state index contributed by atoms with van der Waals surface area (Å²) in [5.74, 6) is -0.160. The molecule has 0 aliphatic carbocycles. The zero-order valence-electron chi connectivity index (χ0n) is 18.1. The normalized spacial score (nSPS) is 16.8. The van der Waals surface area contributed by atoms with Crippen molar-refractivity contribution in [1.82, 2.24) is 19.5 Å². The van der Waals surface area contributed by atoms with E-state index in [1.807, 2.05) is 6.92 Å². The van der Waals surface area contributed by atoms with E-state index < -0.39 is 16.6 Å². The maximum absolute atomic E-state index is 14.5. The van der Waals surface area contributed by atoms with Gasteiger partial charge in [0.15, 0.2) is 0 Å². The molecule has 0 radical (unpaired) electrons. The van der Waals surface area contributed by atoms with E-state index in [2.05, 4.69) is 10.1 Å². The van der Waals surface area contributed by atoms with Crippen LogP contribution in [0.3, 0.4) is 0 Å². The van der Waals surface area contributed by atoms with Crippen molar-refractivity contribution in [3.05, 3.63) is 30.2 Å². The Morgan fingerprint density at radius 3 is 2.75 bits per heavy atom. The van der Waals surface area contributed by atoms with Crippen molar-refractivity contribution in [2.24, 2.45) is 5.92 Å². The summed E-state index contributed by atoms with van der Waals surface area (Å²) in [5.41, 5.74) is 0.793. The van der Waals surface area contributed by atoms with Crippen molar-refractivity contribution < 1.29 is 22.9 Å². The van der Waals surface area contributed by atoms with Gasteiger partial charge < -0.3 is 14.4 Å². The SMILES string of the molecule is CCOC(=O)N1CCC([C@H](C)Oc2nn3cc(-c4ccc(S(C)=O)cc4F)nc3s2)CC1. The van der Waals surface area contributed by atoms with Gasteiger partial charge in [-0.05, 0) is 62.1 Å². The lowest BCUT2D eigenvalue weighted by Crippen LogP contribution is -2.42. The monoisotopic (exact) mass is 480 g/mol. The highest BCUT2D eigenvalue weighted by Crippen LogP contribution is 2.30. The van der Waals surface area contributed by atoms with Gasteiger partial charge in [0.2, 0.25) is 4.96 Å². The lowest BCUT2D eigenvalue weighted by molar-refractivity contribution is 0.0656. The first-order valence-corrected chi connectivity index (χ1v) is 12.8. The highest BCUT2D eigenvalue weighted by atomic mass is 32.2. The first-order chi connectivity index (χ1) is 15.4. The van der Waals surface area contributed by atoms with Crippen molar-refractivity contribution >= 4 is 33.2 Å². The van der Waals surface area contributed by atoms with E-state index in [0.29, 0.717) is 51.9 Å². The molecular weight excluding hydrogens is 455 g/mol. The molecule has 1 fully saturated rings. The van der Waals surface area contributed by atoms with E-state index in [1.165, 1.54) is 23.7 Å². The van der Waals surface area contributed by atoms with Crippen LogP contribution in [0.1, 0.15) is 26.7 Å². The van der Waals surface area contributed by atoms with E-state index >= 15 is 0 Å². The first kappa shape index (κ1) is 22.7. The van der Waals surface area contributed by atoms with E-state index in [-0.39, 0.29) is 12.2 Å². The van der Waals surface area contributed by atoms with E-state index in [1.54, 1.807) is 34.7 Å². The molecule has 0 saturated carbocycles. The topological polar surface area (TPSA) is 86.0 Å². The van der Waals surface area contributed by atoms with Gasteiger partial charge in [-0.3, -0.25) is 4.21 Å². The van der Waals surface area contributed by atoms with Crippen LogP contribution in [-0.2, 0) is 15.5 Å². The van der Waals surface area contributed by atoms with Crippen LogP contribution < -0.4 is 4.74 Å². The lowest BCUT2D eigenvalue weighted by atomic mass is 9.92. The Bertz CT molecular complexity index is 1110. The van der Waals surface area contributed by atoms with Gasteiger partial charge in [0.1, 0.15) is 11.9 Å². The van der Waals surface area contributed by atoms with Gasteiger partial charge in [0, 0.05) is 40.6 Å². The predicted octanol–water partition coefficient (Wildman–Crippen LogP) is 3.97. The number of fused-ring (bicyclic) bond motifs is 1. The number of imidazole rings is 1. The van der Waals surface area contributed by atoms with Crippen molar-refractivity contribution in [1.29, 1.82) is 0 Å². The molecule has 0 N–H and O–H groups in total. The zero-order valence-corrected chi connectivity index (χ0v) is 19.7. The van der Waals surface area contributed by atoms with Crippen LogP contribution in [0, 0.1) is 11.7 Å². The fourth-order valence-electron chi connectivity index (χ4n) is 3.76. The van der Waals surface area contributed by atoms with Crippen molar-refractivity contribution in [3.63, 3.8) is 0 Å². The Kier molecular flexibility index (Phi) is 6.75. The molecule has 2 atom stereocenters. The summed E-state index contributed by atoms with van der Waals surface area (Å²) in [6.07, 6.45) is 4.52. The number of nitrogens with zero attached hydrogens (tertiary/aromatic N) is 4. The van der Waals surface area contributed by atoms with Gasteiger partial charge in [-0.15, -0.1) is 5.10 Å². The van der Waals surface area contributed by atoms with Crippen molar-refractivity contribution in [2.45, 2.75) is 37.7 Å². The fourth-order valence-corrected chi connectivity index (χ4v) is 5.11. The quantitative estimate of drug-likeness (QED) is 0.531. The number of likely N-dealkylation sites (tertiary alicyclic amines) is 1. The maximum atomic E-state index is 14.5. The molecule has 1 aliphatic rings. The Balaban J connectivity index is 1.40. The number of carbonyl (C=O) groups is 1. The fraction of sp³-hybridized carbons (Fsp3) is 0.476. The molecule has 32 heavy (non-hydrogen) atoms. The standard InChI is InChI=1S/C21H25FN4O4S2/c1-4-29-21(27)25-9-7-14(8-10-25)13(2)30-20-24-26-12-18(23-19(26)31-20)16-6-5-15(32(3)28)11-17(16)22/h5-6,11-14H,4,7-10H2,1-3H3/t13-,32?/m0/s1. The Labute approximate surface area is 191 Å². The maximum Gasteiger partial charge on any atom is 0.409 e. The third-order valence-corrected chi connectivity index (χ3v) is 7.32. The highest BCUT2D eigenvalue weighted by Gasteiger charge is 2.28. The molecule has 3 heterocycles. The summed E-state index contributed by atoms with van der Waals surface area (Å²) in [5, 5.41) is 4.93. The minimum atomic E-state index is -1.25. The number of ether oxygens (including phenoxy) is 2. The van der Waals surface area contributed by atoms with Gasteiger partial charge in [-0.25, -0.2) is 18.7 Å². The summed E-state index contributed by atoms with van der Waals surface area (Å²) in [6, 6.07) is 4.50. The lowest BCUT2D eigenvalue weighted by Gasteiger charge is -2.33.